The monoisotopic (exact) mass is 182 g/mol. The zero-order chi connectivity index (χ0) is 8.23. The van der Waals surface area contributed by atoms with Crippen LogP contribution in [0.5, 0.6) is 0 Å². The Balaban J connectivity index is 1.91. The first-order valence-corrected chi connectivity index (χ1v) is 4.07. The molecular formula is C5H6N6S. The molecule has 6 nitrogen and oxygen atoms in total. The summed E-state index contributed by atoms with van der Waals surface area (Å²) >= 11 is 1.31. The molecule has 0 radical (unpaired) electrons. The van der Waals surface area contributed by atoms with Gasteiger partial charge in [-0.3, -0.25) is 5.10 Å². The SMILES string of the molecule is c1n[nH]c(CNc2ncns2)n1. The number of aromatic nitrogens is 5. The molecular weight excluding hydrogens is 176 g/mol. The molecule has 0 amide bonds. The van der Waals surface area contributed by atoms with Gasteiger partial charge in [-0.05, 0) is 0 Å². The lowest BCUT2D eigenvalue weighted by Crippen LogP contribution is -2.00. The second-order valence-corrected chi connectivity index (χ2v) is 2.81. The molecule has 0 unspecified atom stereocenters. The van der Waals surface area contributed by atoms with Gasteiger partial charge in [-0.1, -0.05) is 0 Å². The zero-order valence-electron chi connectivity index (χ0n) is 6.06. The predicted molar refractivity (Wildman–Crippen MR) is 43.6 cm³/mol. The molecule has 0 bridgehead atoms. The highest BCUT2D eigenvalue weighted by Gasteiger charge is 1.97. The summed E-state index contributed by atoms with van der Waals surface area (Å²) in [5.41, 5.74) is 0. The number of nitrogens with one attached hydrogen (secondary N) is 2. The first kappa shape index (κ1) is 7.17. The Morgan fingerprint density at radius 2 is 2.42 bits per heavy atom. The molecule has 0 aromatic carbocycles. The van der Waals surface area contributed by atoms with Gasteiger partial charge >= 0.3 is 0 Å². The van der Waals surface area contributed by atoms with Gasteiger partial charge in [0.1, 0.15) is 18.5 Å². The van der Waals surface area contributed by atoms with E-state index in [0.29, 0.717) is 6.54 Å². The molecule has 2 N–H and O–H groups in total. The summed E-state index contributed by atoms with van der Waals surface area (Å²) < 4.78 is 3.84. The fourth-order valence-corrected chi connectivity index (χ4v) is 1.15. The Labute approximate surface area is 72.2 Å². The fraction of sp³-hybridized carbons (Fsp3) is 0.200. The molecule has 2 aromatic heterocycles. The maximum absolute atomic E-state index is 3.95. The lowest BCUT2D eigenvalue weighted by Gasteiger charge is -1.95. The van der Waals surface area contributed by atoms with E-state index in [0.717, 1.165) is 11.0 Å². The van der Waals surface area contributed by atoms with Crippen molar-refractivity contribution in [2.45, 2.75) is 6.54 Å². The zero-order valence-corrected chi connectivity index (χ0v) is 6.88. The van der Waals surface area contributed by atoms with Gasteiger partial charge in [0.05, 0.1) is 6.54 Å². The number of anilines is 1. The molecule has 0 aliphatic heterocycles. The standard InChI is InChI=1S/C5H6N6S/c1(4-7-2-9-11-4)6-5-8-3-10-12-5/h2-3H,1H2,(H,6,8,10)(H,7,9,11). The van der Waals surface area contributed by atoms with Crippen LogP contribution in [0.4, 0.5) is 5.13 Å². The maximum atomic E-state index is 3.95. The summed E-state index contributed by atoms with van der Waals surface area (Å²) in [6, 6.07) is 0. The van der Waals surface area contributed by atoms with Crippen LogP contribution >= 0.6 is 11.5 Å². The van der Waals surface area contributed by atoms with Crippen LogP contribution in [0.1, 0.15) is 5.82 Å². The van der Waals surface area contributed by atoms with E-state index in [9.17, 15) is 0 Å². The van der Waals surface area contributed by atoms with E-state index in [4.69, 9.17) is 0 Å². The number of hydrogen-bond acceptors (Lipinski definition) is 6. The molecule has 0 aliphatic rings. The van der Waals surface area contributed by atoms with Crippen molar-refractivity contribution in [2.75, 3.05) is 5.32 Å². The van der Waals surface area contributed by atoms with Crippen LogP contribution in [0.3, 0.4) is 0 Å². The van der Waals surface area contributed by atoms with E-state index in [2.05, 4.69) is 29.9 Å². The smallest absolute Gasteiger partial charge is 0.202 e. The van der Waals surface area contributed by atoms with E-state index in [1.165, 1.54) is 24.2 Å². The van der Waals surface area contributed by atoms with Crippen molar-refractivity contribution in [3.05, 3.63) is 18.5 Å². The predicted octanol–water partition coefficient (Wildman–Crippen LogP) is 0.268. The van der Waals surface area contributed by atoms with Gasteiger partial charge in [-0.2, -0.15) is 9.47 Å². The number of H-pyrrole nitrogens is 1. The number of rotatable bonds is 3. The van der Waals surface area contributed by atoms with Crippen molar-refractivity contribution in [1.29, 1.82) is 0 Å². The summed E-state index contributed by atoms with van der Waals surface area (Å²) in [5, 5.41) is 10.3. The Kier molecular flexibility index (Phi) is 1.95. The maximum Gasteiger partial charge on any atom is 0.202 e. The quantitative estimate of drug-likeness (QED) is 0.712. The van der Waals surface area contributed by atoms with Gasteiger partial charge in [-0.25, -0.2) is 9.97 Å². The van der Waals surface area contributed by atoms with Gasteiger partial charge in [0.2, 0.25) is 5.13 Å². The van der Waals surface area contributed by atoms with Crippen LogP contribution in [-0.2, 0) is 6.54 Å². The summed E-state index contributed by atoms with van der Waals surface area (Å²) in [5.74, 6) is 0.783. The van der Waals surface area contributed by atoms with Crippen molar-refractivity contribution in [3.8, 4) is 0 Å². The average Bonchev–Trinajstić information content (AvgIpc) is 2.74. The van der Waals surface area contributed by atoms with Crippen molar-refractivity contribution in [3.63, 3.8) is 0 Å². The molecule has 0 spiro atoms. The summed E-state index contributed by atoms with van der Waals surface area (Å²) in [4.78, 5) is 7.89. The van der Waals surface area contributed by atoms with Gasteiger partial charge in [0.25, 0.3) is 0 Å². The van der Waals surface area contributed by atoms with Crippen LogP contribution in [0, 0.1) is 0 Å². The lowest BCUT2D eigenvalue weighted by atomic mass is 10.6. The van der Waals surface area contributed by atoms with Crippen LogP contribution < -0.4 is 5.32 Å². The van der Waals surface area contributed by atoms with E-state index in [1.807, 2.05) is 0 Å². The van der Waals surface area contributed by atoms with Gasteiger partial charge in [0.15, 0.2) is 0 Å². The minimum atomic E-state index is 0.592. The topological polar surface area (TPSA) is 79.4 Å². The Bertz CT molecular complexity index is 279. The van der Waals surface area contributed by atoms with E-state index >= 15 is 0 Å². The van der Waals surface area contributed by atoms with Crippen molar-refractivity contribution in [2.24, 2.45) is 0 Å². The Morgan fingerprint density at radius 3 is 3.08 bits per heavy atom. The average molecular weight is 182 g/mol. The Hall–Kier alpha value is -1.50. The largest absolute Gasteiger partial charge is 0.353 e. The number of aromatic amines is 1. The number of hydrogen-bond donors (Lipinski definition) is 2. The third kappa shape index (κ3) is 1.56. The lowest BCUT2D eigenvalue weighted by molar-refractivity contribution is 0.952. The highest BCUT2D eigenvalue weighted by molar-refractivity contribution is 7.09. The van der Waals surface area contributed by atoms with Crippen LogP contribution in [0.25, 0.3) is 0 Å². The summed E-state index contributed by atoms with van der Waals surface area (Å²) in [7, 11) is 0. The summed E-state index contributed by atoms with van der Waals surface area (Å²) in [6.45, 7) is 0.592. The van der Waals surface area contributed by atoms with Gasteiger partial charge in [0, 0.05) is 11.5 Å². The first-order chi connectivity index (χ1) is 5.95. The minimum Gasteiger partial charge on any atom is -0.353 e. The van der Waals surface area contributed by atoms with E-state index in [-0.39, 0.29) is 0 Å². The minimum absolute atomic E-state index is 0.592. The molecule has 12 heavy (non-hydrogen) atoms. The summed E-state index contributed by atoms with van der Waals surface area (Å²) in [6.07, 6.45) is 2.98. The molecule has 7 heteroatoms. The second kappa shape index (κ2) is 3.26. The highest BCUT2D eigenvalue weighted by Crippen LogP contribution is 2.06. The fourth-order valence-electron chi connectivity index (χ4n) is 0.726. The third-order valence-electron chi connectivity index (χ3n) is 1.23. The molecule has 0 aliphatic carbocycles. The van der Waals surface area contributed by atoms with E-state index < -0.39 is 0 Å². The Morgan fingerprint density at radius 1 is 1.42 bits per heavy atom. The molecule has 2 rings (SSSR count). The molecule has 2 aromatic rings. The van der Waals surface area contributed by atoms with Crippen LogP contribution in [0.15, 0.2) is 12.7 Å². The number of nitrogens with zero attached hydrogens (tertiary/aromatic N) is 4. The van der Waals surface area contributed by atoms with E-state index in [1.54, 1.807) is 0 Å². The van der Waals surface area contributed by atoms with Gasteiger partial charge in [-0.15, -0.1) is 0 Å². The van der Waals surface area contributed by atoms with Crippen molar-refractivity contribution in [1.82, 2.24) is 24.5 Å². The van der Waals surface area contributed by atoms with Gasteiger partial charge < -0.3 is 5.32 Å². The highest BCUT2D eigenvalue weighted by atomic mass is 32.1. The van der Waals surface area contributed by atoms with Crippen LogP contribution in [-0.4, -0.2) is 24.5 Å². The van der Waals surface area contributed by atoms with Crippen LogP contribution in [0.2, 0.25) is 0 Å². The third-order valence-corrected chi connectivity index (χ3v) is 1.86. The molecule has 0 atom stereocenters. The molecule has 0 fully saturated rings. The molecule has 0 saturated carbocycles. The second-order valence-electron chi connectivity index (χ2n) is 2.03. The van der Waals surface area contributed by atoms with Crippen molar-refractivity contribution < 1.29 is 0 Å². The molecule has 2 heterocycles. The first-order valence-electron chi connectivity index (χ1n) is 3.30. The normalized spacial score (nSPS) is 10.0. The van der Waals surface area contributed by atoms with Crippen molar-refractivity contribution >= 4 is 16.7 Å². The molecule has 62 valence electrons. The molecule has 0 saturated heterocycles.